The van der Waals surface area contributed by atoms with Gasteiger partial charge in [0.05, 0.1) is 11.1 Å². The number of ether oxygens (including phenoxy) is 1. The van der Waals surface area contributed by atoms with Crippen molar-refractivity contribution in [2.24, 2.45) is 0 Å². The van der Waals surface area contributed by atoms with Gasteiger partial charge in [0.25, 0.3) is 5.91 Å². The number of rotatable bonds is 5. The summed E-state index contributed by atoms with van der Waals surface area (Å²) >= 11 is 0. The maximum absolute atomic E-state index is 12.9. The minimum Gasteiger partial charge on any atom is -0.452 e. The second-order valence-corrected chi connectivity index (χ2v) is 5.61. The average Bonchev–Trinajstić information content (AvgIpc) is 2.59. The molecule has 1 N–H and O–H groups in total. The van der Waals surface area contributed by atoms with Crippen LogP contribution in [0.2, 0.25) is 0 Å². The molecule has 0 unspecified atom stereocenters. The molecule has 138 valence electrons. The molecule has 0 aliphatic heterocycles. The van der Waals surface area contributed by atoms with E-state index in [2.05, 4.69) is 5.32 Å². The van der Waals surface area contributed by atoms with Gasteiger partial charge in [0.15, 0.2) is 6.61 Å². The maximum atomic E-state index is 12.9. The number of hydrogen-bond donors (Lipinski definition) is 1. The van der Waals surface area contributed by atoms with E-state index in [4.69, 9.17) is 4.74 Å². The monoisotopic (exact) mass is 366 g/mol. The van der Waals surface area contributed by atoms with Crippen LogP contribution in [0.1, 0.15) is 15.9 Å². The quantitative estimate of drug-likeness (QED) is 0.822. The third kappa shape index (κ3) is 4.98. The number of anilines is 2. The van der Waals surface area contributed by atoms with Crippen molar-refractivity contribution in [3.63, 3.8) is 0 Å². The number of halogens is 3. The molecule has 2 rings (SSSR count). The third-order valence-electron chi connectivity index (χ3n) is 3.45. The minimum atomic E-state index is -4.69. The van der Waals surface area contributed by atoms with Crippen LogP contribution in [0.5, 0.6) is 0 Å². The van der Waals surface area contributed by atoms with E-state index in [0.29, 0.717) is 5.69 Å². The van der Waals surface area contributed by atoms with E-state index in [1.54, 1.807) is 24.3 Å². The van der Waals surface area contributed by atoms with Crippen LogP contribution in [0, 0.1) is 0 Å². The number of carbonyl (C=O) groups is 2. The molecule has 8 heteroatoms. The van der Waals surface area contributed by atoms with Gasteiger partial charge in [-0.05, 0) is 36.4 Å². The van der Waals surface area contributed by atoms with Gasteiger partial charge >= 0.3 is 12.1 Å². The number of alkyl halides is 3. The van der Waals surface area contributed by atoms with Crippen LogP contribution in [0.25, 0.3) is 0 Å². The van der Waals surface area contributed by atoms with Crippen molar-refractivity contribution >= 4 is 23.3 Å². The van der Waals surface area contributed by atoms with E-state index in [0.717, 1.165) is 17.8 Å². The largest absolute Gasteiger partial charge is 0.452 e. The minimum absolute atomic E-state index is 0.479. The Labute approximate surface area is 148 Å². The standard InChI is InChI=1S/C18H17F3N2O3/c1-23(2)13-9-7-12(8-10-13)22-16(24)11-26-17(25)14-5-3-4-6-15(14)18(19,20)21/h3-10H,11H2,1-2H3,(H,22,24). The number of nitrogens with zero attached hydrogens (tertiary/aromatic N) is 1. The summed E-state index contributed by atoms with van der Waals surface area (Å²) in [6.45, 7) is -0.694. The summed E-state index contributed by atoms with van der Waals surface area (Å²) in [7, 11) is 3.73. The van der Waals surface area contributed by atoms with E-state index in [1.165, 1.54) is 12.1 Å². The van der Waals surface area contributed by atoms with E-state index in [1.807, 2.05) is 19.0 Å². The van der Waals surface area contributed by atoms with Crippen LogP contribution in [-0.2, 0) is 15.7 Å². The molecule has 0 radical (unpaired) electrons. The van der Waals surface area contributed by atoms with Gasteiger partial charge in [0.1, 0.15) is 0 Å². The van der Waals surface area contributed by atoms with Crippen LogP contribution in [0.4, 0.5) is 24.5 Å². The second-order valence-electron chi connectivity index (χ2n) is 5.61. The second kappa shape index (κ2) is 7.90. The van der Waals surface area contributed by atoms with Crippen molar-refractivity contribution in [1.29, 1.82) is 0 Å². The molecule has 0 saturated heterocycles. The molecule has 0 saturated carbocycles. The van der Waals surface area contributed by atoms with Crippen molar-refractivity contribution in [1.82, 2.24) is 0 Å². The molecule has 0 spiro atoms. The van der Waals surface area contributed by atoms with Crippen molar-refractivity contribution in [3.8, 4) is 0 Å². The van der Waals surface area contributed by atoms with E-state index >= 15 is 0 Å². The first-order chi connectivity index (χ1) is 12.2. The molecular formula is C18H17F3N2O3. The summed E-state index contributed by atoms with van der Waals surface area (Å²) < 4.78 is 43.4. The number of nitrogens with one attached hydrogen (secondary N) is 1. The summed E-state index contributed by atoms with van der Waals surface area (Å²) in [4.78, 5) is 25.6. The number of hydrogen-bond acceptors (Lipinski definition) is 4. The predicted octanol–water partition coefficient (Wildman–Crippen LogP) is 3.57. The highest BCUT2D eigenvalue weighted by Gasteiger charge is 2.35. The molecule has 2 aromatic rings. The lowest BCUT2D eigenvalue weighted by Crippen LogP contribution is -2.22. The molecule has 5 nitrogen and oxygen atoms in total. The summed E-state index contributed by atoms with van der Waals surface area (Å²) in [5, 5.41) is 2.50. The molecule has 0 aliphatic rings. The Hall–Kier alpha value is -3.03. The topological polar surface area (TPSA) is 58.6 Å². The first-order valence-corrected chi connectivity index (χ1v) is 7.59. The van der Waals surface area contributed by atoms with Crippen LogP contribution >= 0.6 is 0 Å². The lowest BCUT2D eigenvalue weighted by atomic mass is 10.1. The number of carbonyl (C=O) groups excluding carboxylic acids is 2. The first kappa shape index (κ1) is 19.3. The lowest BCUT2D eigenvalue weighted by Gasteiger charge is -2.13. The Kier molecular flexibility index (Phi) is 5.86. The van der Waals surface area contributed by atoms with Crippen LogP contribution in [-0.4, -0.2) is 32.6 Å². The normalized spacial score (nSPS) is 11.0. The molecule has 0 atom stereocenters. The van der Waals surface area contributed by atoms with Gasteiger partial charge in [0.2, 0.25) is 0 Å². The van der Waals surface area contributed by atoms with Gasteiger partial charge < -0.3 is 15.0 Å². The van der Waals surface area contributed by atoms with Gasteiger partial charge in [-0.2, -0.15) is 13.2 Å². The fourth-order valence-electron chi connectivity index (χ4n) is 2.16. The zero-order valence-corrected chi connectivity index (χ0v) is 14.1. The Morgan fingerprint density at radius 2 is 1.65 bits per heavy atom. The number of amides is 1. The highest BCUT2D eigenvalue weighted by atomic mass is 19.4. The molecule has 0 aliphatic carbocycles. The Morgan fingerprint density at radius 1 is 1.04 bits per heavy atom. The summed E-state index contributed by atoms with van der Waals surface area (Å²) in [5.74, 6) is -1.86. The molecule has 0 aromatic heterocycles. The van der Waals surface area contributed by atoms with E-state index in [9.17, 15) is 22.8 Å². The Bertz CT molecular complexity index is 787. The SMILES string of the molecule is CN(C)c1ccc(NC(=O)COC(=O)c2ccccc2C(F)(F)F)cc1. The number of esters is 1. The molecule has 0 heterocycles. The zero-order chi connectivity index (χ0) is 19.3. The predicted molar refractivity (Wildman–Crippen MR) is 91.1 cm³/mol. The summed E-state index contributed by atoms with van der Waals surface area (Å²) in [5.41, 5.74) is -0.335. The van der Waals surface area contributed by atoms with Crippen molar-refractivity contribution in [2.75, 3.05) is 30.9 Å². The summed E-state index contributed by atoms with van der Waals surface area (Å²) in [6.07, 6.45) is -4.69. The maximum Gasteiger partial charge on any atom is 0.417 e. The van der Waals surface area contributed by atoms with E-state index < -0.39 is 35.8 Å². The molecular weight excluding hydrogens is 349 g/mol. The zero-order valence-electron chi connectivity index (χ0n) is 14.1. The van der Waals surface area contributed by atoms with Gasteiger partial charge in [-0.3, -0.25) is 4.79 Å². The van der Waals surface area contributed by atoms with Gasteiger partial charge in [-0.15, -0.1) is 0 Å². The van der Waals surface area contributed by atoms with Gasteiger partial charge in [-0.25, -0.2) is 4.79 Å². The lowest BCUT2D eigenvalue weighted by molar-refractivity contribution is -0.138. The van der Waals surface area contributed by atoms with Crippen molar-refractivity contribution < 1.29 is 27.5 Å². The Morgan fingerprint density at radius 3 is 2.23 bits per heavy atom. The van der Waals surface area contributed by atoms with E-state index in [-0.39, 0.29) is 0 Å². The van der Waals surface area contributed by atoms with Crippen LogP contribution in [0.3, 0.4) is 0 Å². The molecule has 0 fully saturated rings. The van der Waals surface area contributed by atoms with Crippen LogP contribution < -0.4 is 10.2 Å². The Balaban J connectivity index is 1.96. The van der Waals surface area contributed by atoms with Crippen molar-refractivity contribution in [3.05, 3.63) is 59.7 Å². The summed E-state index contributed by atoms with van der Waals surface area (Å²) in [6, 6.07) is 11.1. The molecule has 1 amide bonds. The molecule has 0 bridgehead atoms. The first-order valence-electron chi connectivity index (χ1n) is 7.59. The average molecular weight is 366 g/mol. The van der Waals surface area contributed by atoms with Crippen molar-refractivity contribution in [2.45, 2.75) is 6.18 Å². The third-order valence-corrected chi connectivity index (χ3v) is 3.45. The number of benzene rings is 2. The smallest absolute Gasteiger partial charge is 0.417 e. The molecule has 2 aromatic carbocycles. The van der Waals surface area contributed by atoms with Crippen LogP contribution in [0.15, 0.2) is 48.5 Å². The highest BCUT2D eigenvalue weighted by molar-refractivity contribution is 5.96. The fraction of sp³-hybridized carbons (Fsp3) is 0.222. The van der Waals surface area contributed by atoms with Gasteiger partial charge in [0, 0.05) is 25.5 Å². The molecule has 26 heavy (non-hydrogen) atoms. The fourth-order valence-corrected chi connectivity index (χ4v) is 2.16. The highest BCUT2D eigenvalue weighted by Crippen LogP contribution is 2.32. The van der Waals surface area contributed by atoms with Gasteiger partial charge in [-0.1, -0.05) is 12.1 Å².